The lowest BCUT2D eigenvalue weighted by Gasteiger charge is -2.19. The van der Waals surface area contributed by atoms with Gasteiger partial charge >= 0.3 is 6.09 Å². The third kappa shape index (κ3) is 29.2. The molecule has 272 valence electrons. The van der Waals surface area contributed by atoms with Crippen molar-refractivity contribution in [3.05, 3.63) is 34.4 Å². The van der Waals surface area contributed by atoms with E-state index in [1.165, 1.54) is 12.1 Å². The number of nitrogens with one attached hydrogen (secondary N) is 1. The molecule has 0 fully saturated rings. The summed E-state index contributed by atoms with van der Waals surface area (Å²) in [4.78, 5) is 21.7. The van der Waals surface area contributed by atoms with Gasteiger partial charge in [0, 0.05) is 18.7 Å². The zero-order valence-corrected chi connectivity index (χ0v) is 28.1. The molecule has 0 spiro atoms. The number of non-ortho nitro benzene ring substituents is 1. The van der Waals surface area contributed by atoms with Crippen molar-refractivity contribution < 1.29 is 61.8 Å². The highest BCUT2D eigenvalue weighted by Crippen LogP contribution is 2.17. The molecule has 0 heterocycles. The number of alkyl carbamates (subject to hydrolysis) is 1. The normalized spacial score (nSPS) is 11.5. The van der Waals surface area contributed by atoms with Crippen molar-refractivity contribution in [1.82, 2.24) is 5.32 Å². The first-order valence-corrected chi connectivity index (χ1v) is 15.8. The molecule has 0 aliphatic carbocycles. The van der Waals surface area contributed by atoms with E-state index in [0.717, 1.165) is 0 Å². The summed E-state index contributed by atoms with van der Waals surface area (Å²) in [5.41, 5.74) is -0.495. The number of nitro groups is 1. The van der Waals surface area contributed by atoms with E-state index >= 15 is 0 Å². The number of ether oxygens (including phenoxy) is 11. The number of hydrogen-bond acceptors (Lipinski definition) is 14. The largest absolute Gasteiger partial charge is 0.491 e. The van der Waals surface area contributed by atoms with Crippen LogP contribution in [0.2, 0.25) is 0 Å². The van der Waals surface area contributed by atoms with Crippen LogP contribution >= 0.6 is 0 Å². The highest BCUT2D eigenvalue weighted by Gasteiger charge is 2.15. The molecule has 0 aliphatic heterocycles. The second kappa shape index (κ2) is 29.5. The predicted octanol–water partition coefficient (Wildman–Crippen LogP) is 2.65. The van der Waals surface area contributed by atoms with Gasteiger partial charge in [0.25, 0.3) is 5.69 Å². The van der Waals surface area contributed by atoms with Crippen molar-refractivity contribution in [2.75, 3.05) is 132 Å². The lowest BCUT2D eigenvalue weighted by Crippen LogP contribution is -2.34. The van der Waals surface area contributed by atoms with Crippen molar-refractivity contribution in [1.29, 1.82) is 0 Å². The maximum absolute atomic E-state index is 11.5. The third-order valence-electron chi connectivity index (χ3n) is 5.43. The Labute approximate surface area is 277 Å². The minimum Gasteiger partial charge on any atom is -0.491 e. The SMILES string of the molecule is CC(C)(C)OC(=O)NCCOCCOCCOCCOCCOCCOCCOCCOCCOCCOc1ccc([N+](=O)[O-])cc1. The molecule has 0 unspecified atom stereocenters. The summed E-state index contributed by atoms with van der Waals surface area (Å²) in [6.45, 7) is 14.3. The van der Waals surface area contributed by atoms with Crippen LogP contribution in [-0.4, -0.2) is 149 Å². The molecule has 0 aliphatic rings. The Morgan fingerprint density at radius 2 is 0.894 bits per heavy atom. The monoisotopic (exact) mass is 678 g/mol. The van der Waals surface area contributed by atoms with Crippen LogP contribution in [0.15, 0.2) is 24.3 Å². The van der Waals surface area contributed by atoms with E-state index in [-0.39, 0.29) is 5.69 Å². The molecule has 16 nitrogen and oxygen atoms in total. The van der Waals surface area contributed by atoms with Gasteiger partial charge in [-0.3, -0.25) is 10.1 Å². The average Bonchev–Trinajstić information content (AvgIpc) is 3.03. The number of carbonyl (C=O) groups excluding carboxylic acids is 1. The van der Waals surface area contributed by atoms with Gasteiger partial charge in [-0.15, -0.1) is 0 Å². The number of hydrogen-bond donors (Lipinski definition) is 1. The van der Waals surface area contributed by atoms with Crippen molar-refractivity contribution in [3.8, 4) is 5.75 Å². The molecule has 0 aromatic heterocycles. The van der Waals surface area contributed by atoms with E-state index in [2.05, 4.69) is 5.32 Å². The van der Waals surface area contributed by atoms with Crippen LogP contribution in [0.4, 0.5) is 10.5 Å². The highest BCUT2D eigenvalue weighted by atomic mass is 16.6. The average molecular weight is 679 g/mol. The summed E-state index contributed by atoms with van der Waals surface area (Å²) in [6, 6.07) is 5.90. The molecule has 1 aromatic rings. The maximum Gasteiger partial charge on any atom is 0.407 e. The van der Waals surface area contributed by atoms with Crippen LogP contribution in [0.3, 0.4) is 0 Å². The molecule has 1 amide bonds. The number of benzene rings is 1. The van der Waals surface area contributed by atoms with Gasteiger partial charge in [-0.1, -0.05) is 0 Å². The molecule has 0 radical (unpaired) electrons. The minimum absolute atomic E-state index is 0.0222. The molecule has 1 aromatic carbocycles. The summed E-state index contributed by atoms with van der Waals surface area (Å²) in [5, 5.41) is 13.3. The Hall–Kier alpha value is -2.67. The fourth-order valence-corrected chi connectivity index (χ4v) is 3.28. The first-order valence-electron chi connectivity index (χ1n) is 15.8. The van der Waals surface area contributed by atoms with Crippen molar-refractivity contribution in [2.24, 2.45) is 0 Å². The highest BCUT2D eigenvalue weighted by molar-refractivity contribution is 5.67. The first kappa shape index (κ1) is 42.4. The summed E-state index contributed by atoms with van der Waals surface area (Å²) in [5.74, 6) is 0.552. The molecule has 1 N–H and O–H groups in total. The van der Waals surface area contributed by atoms with Gasteiger partial charge in [0.05, 0.1) is 124 Å². The summed E-state index contributed by atoms with van der Waals surface area (Å²) < 4.78 is 59.5. The molecular weight excluding hydrogens is 624 g/mol. The topological polar surface area (TPSA) is 174 Å². The Morgan fingerprint density at radius 1 is 0.574 bits per heavy atom. The number of rotatable bonds is 32. The lowest BCUT2D eigenvalue weighted by molar-refractivity contribution is -0.384. The minimum atomic E-state index is -0.517. The van der Waals surface area contributed by atoms with Crippen molar-refractivity contribution >= 4 is 11.8 Å². The number of nitrogens with zero attached hydrogens (tertiary/aromatic N) is 1. The molecule has 0 saturated carbocycles. The molecule has 0 bridgehead atoms. The molecule has 1 rings (SSSR count). The maximum atomic E-state index is 11.5. The fraction of sp³-hybridized carbons (Fsp3) is 0.774. The van der Waals surface area contributed by atoms with Gasteiger partial charge in [0.2, 0.25) is 0 Å². The zero-order chi connectivity index (χ0) is 34.3. The molecular formula is C31H54N2O14. The smallest absolute Gasteiger partial charge is 0.407 e. The number of amides is 1. The fourth-order valence-electron chi connectivity index (χ4n) is 3.28. The lowest BCUT2D eigenvalue weighted by atomic mass is 10.2. The van der Waals surface area contributed by atoms with Crippen LogP contribution in [0.5, 0.6) is 5.75 Å². The Morgan fingerprint density at radius 3 is 1.21 bits per heavy atom. The van der Waals surface area contributed by atoms with Gasteiger partial charge in [-0.05, 0) is 32.9 Å². The van der Waals surface area contributed by atoms with E-state index in [4.69, 9.17) is 52.1 Å². The third-order valence-corrected chi connectivity index (χ3v) is 5.43. The van der Waals surface area contributed by atoms with E-state index in [1.54, 1.807) is 12.1 Å². The van der Waals surface area contributed by atoms with E-state index in [9.17, 15) is 14.9 Å². The summed E-state index contributed by atoms with van der Waals surface area (Å²) >= 11 is 0. The van der Waals surface area contributed by atoms with Gasteiger partial charge in [-0.25, -0.2) is 4.79 Å². The molecule has 16 heteroatoms. The van der Waals surface area contributed by atoms with Crippen LogP contribution in [0.1, 0.15) is 20.8 Å². The first-order chi connectivity index (χ1) is 22.8. The van der Waals surface area contributed by atoms with Crippen LogP contribution in [0.25, 0.3) is 0 Å². The van der Waals surface area contributed by atoms with Gasteiger partial charge in [0.1, 0.15) is 18.0 Å². The Bertz CT molecular complexity index is 886. The number of nitro benzene ring substituents is 1. The molecule has 0 atom stereocenters. The van der Waals surface area contributed by atoms with Crippen LogP contribution in [-0.2, 0) is 47.4 Å². The molecule has 0 saturated heterocycles. The summed E-state index contributed by atoms with van der Waals surface area (Å²) in [7, 11) is 0. The Kier molecular flexibility index (Phi) is 26.6. The Balaban J connectivity index is 1.67. The molecule has 47 heavy (non-hydrogen) atoms. The predicted molar refractivity (Wildman–Crippen MR) is 170 cm³/mol. The van der Waals surface area contributed by atoms with E-state index in [0.29, 0.717) is 138 Å². The second-order valence-electron chi connectivity index (χ2n) is 10.5. The van der Waals surface area contributed by atoms with Gasteiger partial charge < -0.3 is 57.4 Å². The van der Waals surface area contributed by atoms with Crippen molar-refractivity contribution in [2.45, 2.75) is 26.4 Å². The zero-order valence-electron chi connectivity index (χ0n) is 28.1. The van der Waals surface area contributed by atoms with E-state index in [1.807, 2.05) is 20.8 Å². The quantitative estimate of drug-likeness (QED) is 0.0669. The van der Waals surface area contributed by atoms with Crippen molar-refractivity contribution in [3.63, 3.8) is 0 Å². The second-order valence-corrected chi connectivity index (χ2v) is 10.5. The standard InChI is InChI=1S/C31H54N2O14/c1-31(2,3)47-30(34)32-8-9-37-10-11-38-12-13-39-14-15-40-16-17-41-18-19-42-20-21-43-22-23-44-24-25-45-26-27-46-29-6-4-28(5-7-29)33(35)36/h4-7H,8-27H2,1-3H3,(H,32,34). The number of carbonyl (C=O) groups is 1. The van der Waals surface area contributed by atoms with Gasteiger partial charge in [0.15, 0.2) is 0 Å². The summed E-state index contributed by atoms with van der Waals surface area (Å²) in [6.07, 6.45) is -0.459. The van der Waals surface area contributed by atoms with Crippen LogP contribution < -0.4 is 10.1 Å². The van der Waals surface area contributed by atoms with Gasteiger partial charge in [-0.2, -0.15) is 0 Å². The van der Waals surface area contributed by atoms with Crippen LogP contribution in [0, 0.1) is 10.1 Å². The van der Waals surface area contributed by atoms with E-state index < -0.39 is 16.6 Å².